The molecule has 0 saturated carbocycles. The minimum Gasteiger partial charge on any atom is -0.506 e. The van der Waals surface area contributed by atoms with Crippen LogP contribution in [0.2, 0.25) is 0 Å². The molecular formula is C13H11Br2NO. The van der Waals surface area contributed by atoms with Crippen LogP contribution in [0.3, 0.4) is 0 Å². The second-order valence-corrected chi connectivity index (χ2v) is 5.29. The summed E-state index contributed by atoms with van der Waals surface area (Å²) in [4.78, 5) is 0. The minimum atomic E-state index is 0.284. The minimum absolute atomic E-state index is 0.284. The van der Waals surface area contributed by atoms with Crippen LogP contribution in [0.5, 0.6) is 5.75 Å². The highest BCUT2D eigenvalue weighted by Gasteiger charge is 2.05. The Labute approximate surface area is 117 Å². The summed E-state index contributed by atoms with van der Waals surface area (Å²) < 4.78 is 1.72. The number of rotatable bonds is 3. The summed E-state index contributed by atoms with van der Waals surface area (Å²) in [5, 5.41) is 13.1. The van der Waals surface area contributed by atoms with Crippen molar-refractivity contribution in [3.05, 3.63) is 57.0 Å². The van der Waals surface area contributed by atoms with Crippen molar-refractivity contribution in [2.45, 2.75) is 6.54 Å². The Kier molecular flexibility index (Phi) is 4.07. The highest BCUT2D eigenvalue weighted by atomic mass is 79.9. The maximum atomic E-state index is 9.85. The topological polar surface area (TPSA) is 32.3 Å². The Hall–Kier alpha value is -1.000. The van der Waals surface area contributed by atoms with Gasteiger partial charge in [0.05, 0.1) is 4.47 Å². The van der Waals surface area contributed by atoms with Gasteiger partial charge < -0.3 is 10.4 Å². The molecule has 4 heteroatoms. The Balaban J connectivity index is 2.13. The first-order valence-electron chi connectivity index (χ1n) is 5.13. The van der Waals surface area contributed by atoms with Crippen molar-refractivity contribution < 1.29 is 5.11 Å². The Morgan fingerprint density at radius 1 is 0.941 bits per heavy atom. The van der Waals surface area contributed by atoms with Crippen LogP contribution in [0.15, 0.2) is 51.4 Å². The molecule has 0 atom stereocenters. The van der Waals surface area contributed by atoms with Gasteiger partial charge in [-0.05, 0) is 50.1 Å². The van der Waals surface area contributed by atoms with E-state index in [1.54, 1.807) is 0 Å². The van der Waals surface area contributed by atoms with Gasteiger partial charge >= 0.3 is 0 Å². The number of para-hydroxylation sites is 2. The molecule has 0 spiro atoms. The van der Waals surface area contributed by atoms with Gasteiger partial charge in [0.1, 0.15) is 5.75 Å². The summed E-state index contributed by atoms with van der Waals surface area (Å²) in [5.74, 6) is 0.284. The van der Waals surface area contributed by atoms with E-state index >= 15 is 0 Å². The Bertz CT molecular complexity index is 529. The lowest BCUT2D eigenvalue weighted by atomic mass is 10.2. The van der Waals surface area contributed by atoms with Crippen LogP contribution in [-0.2, 0) is 6.54 Å². The predicted octanol–water partition coefficient (Wildman–Crippen LogP) is 4.53. The number of phenols is 1. The first kappa shape index (κ1) is 12.5. The first-order chi connectivity index (χ1) is 8.18. The van der Waals surface area contributed by atoms with Crippen molar-refractivity contribution in [2.24, 2.45) is 0 Å². The lowest BCUT2D eigenvalue weighted by Crippen LogP contribution is -2.00. The van der Waals surface area contributed by atoms with Crippen molar-refractivity contribution in [3.63, 3.8) is 0 Å². The number of anilines is 1. The van der Waals surface area contributed by atoms with E-state index in [-0.39, 0.29) is 5.75 Å². The molecule has 0 amide bonds. The molecule has 0 aromatic heterocycles. The van der Waals surface area contributed by atoms with E-state index in [1.165, 1.54) is 0 Å². The van der Waals surface area contributed by atoms with Gasteiger partial charge in [0.15, 0.2) is 0 Å². The zero-order valence-electron chi connectivity index (χ0n) is 8.95. The van der Waals surface area contributed by atoms with Crippen molar-refractivity contribution >= 4 is 37.5 Å². The van der Waals surface area contributed by atoms with Crippen LogP contribution in [0.25, 0.3) is 0 Å². The molecule has 2 aromatic rings. The van der Waals surface area contributed by atoms with Gasteiger partial charge in [0, 0.05) is 22.3 Å². The van der Waals surface area contributed by atoms with Crippen molar-refractivity contribution in [1.82, 2.24) is 0 Å². The average molecular weight is 357 g/mol. The maximum absolute atomic E-state index is 9.85. The number of phenolic OH excluding ortho intramolecular Hbond substituents is 1. The van der Waals surface area contributed by atoms with E-state index in [9.17, 15) is 5.11 Å². The summed E-state index contributed by atoms with van der Waals surface area (Å²) in [7, 11) is 0. The summed E-state index contributed by atoms with van der Waals surface area (Å²) in [6, 6.07) is 13.5. The van der Waals surface area contributed by atoms with E-state index in [2.05, 4.69) is 37.2 Å². The lowest BCUT2D eigenvalue weighted by molar-refractivity contribution is 0.465. The summed E-state index contributed by atoms with van der Waals surface area (Å²) in [6.45, 7) is 0.577. The smallest absolute Gasteiger partial charge is 0.134 e. The van der Waals surface area contributed by atoms with E-state index in [4.69, 9.17) is 0 Å². The Morgan fingerprint density at radius 2 is 1.65 bits per heavy atom. The zero-order chi connectivity index (χ0) is 12.3. The molecule has 0 aliphatic rings. The van der Waals surface area contributed by atoms with Crippen molar-refractivity contribution in [3.8, 4) is 5.75 Å². The molecule has 0 saturated heterocycles. The number of aromatic hydroxyl groups is 1. The van der Waals surface area contributed by atoms with Crippen LogP contribution in [0.1, 0.15) is 5.56 Å². The van der Waals surface area contributed by atoms with Crippen LogP contribution in [0.4, 0.5) is 5.69 Å². The number of hydrogen-bond donors (Lipinski definition) is 2. The van der Waals surface area contributed by atoms with E-state index in [1.807, 2.05) is 42.5 Å². The standard InChI is InChI=1S/C13H11Br2NO/c14-10-5-1-2-7-12(10)16-8-9-4-3-6-11(15)13(9)17/h1-7,16-17H,8H2. The fourth-order valence-electron chi connectivity index (χ4n) is 1.50. The molecule has 17 heavy (non-hydrogen) atoms. The molecule has 88 valence electrons. The maximum Gasteiger partial charge on any atom is 0.134 e. The van der Waals surface area contributed by atoms with Crippen LogP contribution in [-0.4, -0.2) is 5.11 Å². The number of nitrogens with one attached hydrogen (secondary N) is 1. The quantitative estimate of drug-likeness (QED) is 0.846. The monoisotopic (exact) mass is 355 g/mol. The SMILES string of the molecule is Oc1c(Br)cccc1CNc1ccccc1Br. The summed E-state index contributed by atoms with van der Waals surface area (Å²) in [6.07, 6.45) is 0. The molecule has 0 aliphatic heterocycles. The van der Waals surface area contributed by atoms with Crippen molar-refractivity contribution in [2.75, 3.05) is 5.32 Å². The van der Waals surface area contributed by atoms with Gasteiger partial charge in [-0.2, -0.15) is 0 Å². The third-order valence-electron chi connectivity index (χ3n) is 2.41. The third-order valence-corrected chi connectivity index (χ3v) is 3.74. The molecule has 0 heterocycles. The number of benzene rings is 2. The van der Waals surface area contributed by atoms with Gasteiger partial charge in [-0.3, -0.25) is 0 Å². The third kappa shape index (κ3) is 3.01. The highest BCUT2D eigenvalue weighted by Crippen LogP contribution is 2.29. The van der Waals surface area contributed by atoms with Gasteiger partial charge in [-0.15, -0.1) is 0 Å². The van der Waals surface area contributed by atoms with Gasteiger partial charge in [-0.1, -0.05) is 24.3 Å². The Morgan fingerprint density at radius 3 is 2.41 bits per heavy atom. The van der Waals surface area contributed by atoms with Gasteiger partial charge in [0.2, 0.25) is 0 Å². The fourth-order valence-corrected chi connectivity index (χ4v) is 2.33. The first-order valence-corrected chi connectivity index (χ1v) is 6.72. The molecular weight excluding hydrogens is 346 g/mol. The van der Waals surface area contributed by atoms with E-state index < -0.39 is 0 Å². The molecule has 2 N–H and O–H groups in total. The van der Waals surface area contributed by atoms with Crippen LogP contribution in [0, 0.1) is 0 Å². The molecule has 2 nitrogen and oxygen atoms in total. The molecule has 0 fully saturated rings. The molecule has 2 rings (SSSR count). The normalized spacial score (nSPS) is 10.2. The van der Waals surface area contributed by atoms with Gasteiger partial charge in [0.25, 0.3) is 0 Å². The van der Waals surface area contributed by atoms with Gasteiger partial charge in [-0.25, -0.2) is 0 Å². The zero-order valence-corrected chi connectivity index (χ0v) is 12.1. The van der Waals surface area contributed by atoms with E-state index in [0.717, 1.165) is 15.7 Å². The van der Waals surface area contributed by atoms with Crippen molar-refractivity contribution in [1.29, 1.82) is 0 Å². The van der Waals surface area contributed by atoms with E-state index in [0.29, 0.717) is 11.0 Å². The highest BCUT2D eigenvalue weighted by molar-refractivity contribution is 9.11. The molecule has 0 unspecified atom stereocenters. The molecule has 0 aliphatic carbocycles. The fraction of sp³-hybridized carbons (Fsp3) is 0.0769. The second kappa shape index (κ2) is 5.56. The largest absolute Gasteiger partial charge is 0.506 e. The molecule has 0 bridgehead atoms. The number of halogens is 2. The predicted molar refractivity (Wildman–Crippen MR) is 77.3 cm³/mol. The average Bonchev–Trinajstić information content (AvgIpc) is 2.33. The second-order valence-electron chi connectivity index (χ2n) is 3.58. The van der Waals surface area contributed by atoms with Crippen LogP contribution >= 0.6 is 31.9 Å². The summed E-state index contributed by atoms with van der Waals surface area (Å²) in [5.41, 5.74) is 1.86. The lowest BCUT2D eigenvalue weighted by Gasteiger charge is -2.10. The molecule has 2 aromatic carbocycles. The number of hydrogen-bond acceptors (Lipinski definition) is 2. The summed E-state index contributed by atoms with van der Waals surface area (Å²) >= 11 is 6.77. The molecule has 0 radical (unpaired) electrons. The van der Waals surface area contributed by atoms with Crippen LogP contribution < -0.4 is 5.32 Å².